The first kappa shape index (κ1) is 21.0. The van der Waals surface area contributed by atoms with Gasteiger partial charge in [-0.15, -0.1) is 0 Å². The molecule has 0 bridgehead atoms. The van der Waals surface area contributed by atoms with E-state index in [2.05, 4.69) is 12.0 Å². The standard InChI is InChI=1S/C20H15Cl3N2O4/c1-3-6-29-18-16(23)8-11(9-17(18)28-2)7-13-19(26)24-25(20(13)27)12-4-5-14(21)15(22)10-12/h3-5,7-10H,1,6H2,2H3,(H,24,26)/b13-7+. The molecule has 1 aliphatic heterocycles. The fraction of sp³-hybridized carbons (Fsp3) is 0.100. The molecule has 2 aromatic carbocycles. The Hall–Kier alpha value is -2.67. The Balaban J connectivity index is 1.94. The van der Waals surface area contributed by atoms with Crippen LogP contribution in [0.25, 0.3) is 6.08 Å². The first-order valence-electron chi connectivity index (χ1n) is 8.29. The highest BCUT2D eigenvalue weighted by Gasteiger charge is 2.34. The number of hydrogen-bond donors (Lipinski definition) is 1. The number of hydrogen-bond acceptors (Lipinski definition) is 4. The predicted octanol–water partition coefficient (Wildman–Crippen LogP) is 4.68. The molecule has 3 rings (SSSR count). The maximum atomic E-state index is 12.8. The van der Waals surface area contributed by atoms with Crippen molar-refractivity contribution in [1.29, 1.82) is 0 Å². The average Bonchev–Trinajstić information content (AvgIpc) is 2.97. The zero-order valence-corrected chi connectivity index (χ0v) is 17.4. The van der Waals surface area contributed by atoms with Gasteiger partial charge in [0.15, 0.2) is 11.5 Å². The summed E-state index contributed by atoms with van der Waals surface area (Å²) in [6, 6.07) is 7.77. The van der Waals surface area contributed by atoms with E-state index in [1.165, 1.54) is 25.3 Å². The van der Waals surface area contributed by atoms with Crippen LogP contribution in [0, 0.1) is 0 Å². The van der Waals surface area contributed by atoms with Gasteiger partial charge >= 0.3 is 0 Å². The van der Waals surface area contributed by atoms with E-state index >= 15 is 0 Å². The van der Waals surface area contributed by atoms with E-state index in [0.717, 1.165) is 5.01 Å². The van der Waals surface area contributed by atoms with Crippen molar-refractivity contribution in [2.24, 2.45) is 0 Å². The van der Waals surface area contributed by atoms with Crippen LogP contribution >= 0.6 is 34.8 Å². The molecule has 0 aliphatic carbocycles. The Kier molecular flexibility index (Phi) is 6.37. The lowest BCUT2D eigenvalue weighted by molar-refractivity contribution is -0.117. The summed E-state index contributed by atoms with van der Waals surface area (Å²) in [5, 5.41) is 1.96. The largest absolute Gasteiger partial charge is 0.493 e. The summed E-state index contributed by atoms with van der Waals surface area (Å²) in [6.07, 6.45) is 2.99. The molecule has 1 saturated heterocycles. The molecule has 0 aromatic heterocycles. The van der Waals surface area contributed by atoms with E-state index in [1.807, 2.05) is 0 Å². The van der Waals surface area contributed by atoms with E-state index in [4.69, 9.17) is 44.3 Å². The normalized spacial score (nSPS) is 14.9. The lowest BCUT2D eigenvalue weighted by Crippen LogP contribution is -2.35. The molecule has 6 nitrogen and oxygen atoms in total. The topological polar surface area (TPSA) is 67.9 Å². The third kappa shape index (κ3) is 4.34. The molecule has 2 amide bonds. The zero-order chi connectivity index (χ0) is 21.1. The number of amides is 2. The quantitative estimate of drug-likeness (QED) is 0.392. The highest BCUT2D eigenvalue weighted by Crippen LogP contribution is 2.37. The predicted molar refractivity (Wildman–Crippen MR) is 114 cm³/mol. The van der Waals surface area contributed by atoms with Gasteiger partial charge in [-0.1, -0.05) is 47.5 Å². The van der Waals surface area contributed by atoms with Gasteiger partial charge in [-0.05, 0) is 42.0 Å². The minimum Gasteiger partial charge on any atom is -0.493 e. The monoisotopic (exact) mass is 452 g/mol. The fourth-order valence-corrected chi connectivity index (χ4v) is 3.20. The van der Waals surface area contributed by atoms with E-state index in [-0.39, 0.29) is 22.2 Å². The molecule has 1 fully saturated rings. The van der Waals surface area contributed by atoms with E-state index < -0.39 is 11.8 Å². The number of ether oxygens (including phenoxy) is 2. The Bertz CT molecular complexity index is 1040. The molecule has 0 spiro atoms. The Morgan fingerprint density at radius 1 is 1.10 bits per heavy atom. The minimum atomic E-state index is -0.567. The molecule has 0 saturated carbocycles. The number of benzene rings is 2. The first-order chi connectivity index (χ1) is 13.8. The summed E-state index contributed by atoms with van der Waals surface area (Å²) < 4.78 is 10.8. The van der Waals surface area contributed by atoms with E-state index in [1.54, 1.807) is 24.3 Å². The van der Waals surface area contributed by atoms with Crippen molar-refractivity contribution in [2.75, 3.05) is 18.7 Å². The minimum absolute atomic E-state index is 0.0750. The molecule has 1 N–H and O–H groups in total. The van der Waals surface area contributed by atoms with Crippen molar-refractivity contribution in [3.8, 4) is 11.5 Å². The van der Waals surface area contributed by atoms with E-state index in [9.17, 15) is 9.59 Å². The summed E-state index contributed by atoms with van der Waals surface area (Å²) in [4.78, 5) is 25.1. The molecule has 0 atom stereocenters. The van der Waals surface area contributed by atoms with Crippen molar-refractivity contribution < 1.29 is 19.1 Å². The van der Waals surface area contributed by atoms with Crippen LogP contribution in [0.15, 0.2) is 48.6 Å². The lowest BCUT2D eigenvalue weighted by atomic mass is 10.1. The number of hydrazine groups is 1. The van der Waals surface area contributed by atoms with E-state index in [0.29, 0.717) is 27.8 Å². The molecule has 0 radical (unpaired) electrons. The zero-order valence-electron chi connectivity index (χ0n) is 15.2. The van der Waals surface area contributed by atoms with Crippen LogP contribution in [0.5, 0.6) is 11.5 Å². The summed E-state index contributed by atoms with van der Waals surface area (Å²) in [5.41, 5.74) is 3.29. The number of carbonyl (C=O) groups excluding carboxylic acids is 2. The van der Waals surface area contributed by atoms with Crippen molar-refractivity contribution in [1.82, 2.24) is 5.43 Å². The fourth-order valence-electron chi connectivity index (χ4n) is 2.64. The van der Waals surface area contributed by atoms with Crippen molar-refractivity contribution >= 4 is 58.4 Å². The number of carbonyl (C=O) groups is 2. The van der Waals surface area contributed by atoms with Crippen LogP contribution in [0.4, 0.5) is 5.69 Å². The molecule has 150 valence electrons. The molecule has 0 unspecified atom stereocenters. The summed E-state index contributed by atoms with van der Waals surface area (Å²) >= 11 is 18.2. The average molecular weight is 454 g/mol. The van der Waals surface area contributed by atoms with Crippen LogP contribution in [0.2, 0.25) is 15.1 Å². The first-order valence-corrected chi connectivity index (χ1v) is 9.42. The SMILES string of the molecule is C=CCOc1c(Cl)cc(/C=C2\C(=O)NN(c3ccc(Cl)c(Cl)c3)C2=O)cc1OC. The number of nitrogens with zero attached hydrogens (tertiary/aromatic N) is 1. The lowest BCUT2D eigenvalue weighted by Gasteiger charge is -2.15. The molecule has 1 aliphatic rings. The maximum absolute atomic E-state index is 12.8. The highest BCUT2D eigenvalue weighted by atomic mass is 35.5. The van der Waals surface area contributed by atoms with Gasteiger partial charge in [-0.3, -0.25) is 15.0 Å². The third-order valence-corrected chi connectivity index (χ3v) is 4.98. The third-order valence-electron chi connectivity index (χ3n) is 3.96. The van der Waals surface area contributed by atoms with Gasteiger partial charge in [0.2, 0.25) is 0 Å². The number of halogens is 3. The van der Waals surface area contributed by atoms with Crippen LogP contribution in [0.1, 0.15) is 5.56 Å². The van der Waals surface area contributed by atoms with Gasteiger partial charge in [-0.2, -0.15) is 0 Å². The Morgan fingerprint density at radius 3 is 2.52 bits per heavy atom. The summed E-state index contributed by atoms with van der Waals surface area (Å²) in [6.45, 7) is 3.83. The van der Waals surface area contributed by atoms with Crippen LogP contribution in [-0.2, 0) is 9.59 Å². The number of anilines is 1. The van der Waals surface area contributed by atoms with Gasteiger partial charge in [0.25, 0.3) is 11.8 Å². The molecule has 1 heterocycles. The Labute approximate surface area is 182 Å². The second-order valence-corrected chi connectivity index (χ2v) is 7.09. The van der Waals surface area contributed by atoms with Crippen LogP contribution in [-0.4, -0.2) is 25.5 Å². The van der Waals surface area contributed by atoms with Crippen LogP contribution < -0.4 is 19.9 Å². The second kappa shape index (κ2) is 8.78. The smallest absolute Gasteiger partial charge is 0.282 e. The van der Waals surface area contributed by atoms with Gasteiger partial charge in [0, 0.05) is 0 Å². The number of methoxy groups -OCH3 is 1. The van der Waals surface area contributed by atoms with Crippen molar-refractivity contribution in [3.05, 3.63) is 69.2 Å². The van der Waals surface area contributed by atoms with Gasteiger partial charge < -0.3 is 9.47 Å². The van der Waals surface area contributed by atoms with Crippen molar-refractivity contribution in [2.45, 2.75) is 0 Å². The van der Waals surface area contributed by atoms with Gasteiger partial charge in [0.1, 0.15) is 12.2 Å². The van der Waals surface area contributed by atoms with Crippen LogP contribution in [0.3, 0.4) is 0 Å². The number of rotatable bonds is 6. The Morgan fingerprint density at radius 2 is 1.86 bits per heavy atom. The van der Waals surface area contributed by atoms with Gasteiger partial charge in [0.05, 0.1) is 27.9 Å². The summed E-state index contributed by atoms with van der Waals surface area (Å²) in [5.74, 6) is -0.409. The molecule has 9 heteroatoms. The number of nitrogens with one attached hydrogen (secondary N) is 1. The molecule has 29 heavy (non-hydrogen) atoms. The molecular formula is C20H15Cl3N2O4. The maximum Gasteiger partial charge on any atom is 0.282 e. The molecular weight excluding hydrogens is 439 g/mol. The molecule has 2 aromatic rings. The highest BCUT2D eigenvalue weighted by molar-refractivity contribution is 6.42. The van der Waals surface area contributed by atoms with Crippen molar-refractivity contribution in [3.63, 3.8) is 0 Å². The van der Waals surface area contributed by atoms with Gasteiger partial charge in [-0.25, -0.2) is 5.01 Å². The second-order valence-electron chi connectivity index (χ2n) is 5.87. The summed E-state index contributed by atoms with van der Waals surface area (Å²) in [7, 11) is 1.46.